The maximum Gasteiger partial charge on any atom is 0.360 e. The number of carbonyl (C=O) groups is 1. The van der Waals surface area contributed by atoms with Gasteiger partial charge in [0.25, 0.3) is 0 Å². The fourth-order valence-electron chi connectivity index (χ4n) is 1.84. The van der Waals surface area contributed by atoms with E-state index in [0.29, 0.717) is 29.9 Å². The molecule has 0 amide bonds. The lowest BCUT2D eigenvalue weighted by Crippen LogP contribution is -2.06. The Morgan fingerprint density at radius 1 is 1.41 bits per heavy atom. The molecule has 0 aliphatic carbocycles. The van der Waals surface area contributed by atoms with Gasteiger partial charge in [-0.2, -0.15) is 0 Å². The largest absolute Gasteiger partial charge is 0.493 e. The van der Waals surface area contributed by atoms with Crippen LogP contribution in [-0.4, -0.2) is 24.7 Å². The molecule has 1 aromatic heterocycles. The highest BCUT2D eigenvalue weighted by Gasteiger charge is 2.15. The Labute approximate surface area is 134 Å². The SMILES string of the molecule is COC(=O)c1coc(Cc2cc(Cl)ccc2OCC(C)C)n1. The van der Waals surface area contributed by atoms with E-state index in [1.54, 1.807) is 12.1 Å². The minimum Gasteiger partial charge on any atom is -0.493 e. The van der Waals surface area contributed by atoms with Crippen molar-refractivity contribution in [1.29, 1.82) is 0 Å². The summed E-state index contributed by atoms with van der Waals surface area (Å²) in [5, 5.41) is 0.603. The van der Waals surface area contributed by atoms with Gasteiger partial charge in [-0.25, -0.2) is 9.78 Å². The van der Waals surface area contributed by atoms with Gasteiger partial charge in [0.15, 0.2) is 11.6 Å². The first-order valence-electron chi connectivity index (χ1n) is 6.93. The molecule has 118 valence electrons. The number of halogens is 1. The number of esters is 1. The summed E-state index contributed by atoms with van der Waals surface area (Å²) < 4.78 is 15.7. The Morgan fingerprint density at radius 2 is 2.18 bits per heavy atom. The van der Waals surface area contributed by atoms with Crippen molar-refractivity contribution in [2.75, 3.05) is 13.7 Å². The lowest BCUT2D eigenvalue weighted by molar-refractivity contribution is 0.0594. The number of rotatable bonds is 6. The summed E-state index contributed by atoms with van der Waals surface area (Å²) in [4.78, 5) is 15.5. The maximum atomic E-state index is 11.4. The topological polar surface area (TPSA) is 61.6 Å². The van der Waals surface area contributed by atoms with Crippen LogP contribution in [0.1, 0.15) is 35.8 Å². The van der Waals surface area contributed by atoms with E-state index in [1.807, 2.05) is 6.07 Å². The Morgan fingerprint density at radius 3 is 2.86 bits per heavy atom. The van der Waals surface area contributed by atoms with Crippen LogP contribution >= 0.6 is 11.6 Å². The van der Waals surface area contributed by atoms with Crippen molar-refractivity contribution in [2.45, 2.75) is 20.3 Å². The Balaban J connectivity index is 2.18. The molecule has 0 bridgehead atoms. The van der Waals surface area contributed by atoms with Crippen LogP contribution in [0.2, 0.25) is 5.02 Å². The molecule has 0 saturated carbocycles. The van der Waals surface area contributed by atoms with Crippen molar-refractivity contribution in [2.24, 2.45) is 5.92 Å². The molecule has 0 fully saturated rings. The fourth-order valence-corrected chi connectivity index (χ4v) is 2.03. The molecule has 0 unspecified atom stereocenters. The first-order chi connectivity index (χ1) is 10.5. The average Bonchev–Trinajstić information content (AvgIpc) is 2.94. The molecule has 0 N–H and O–H groups in total. The van der Waals surface area contributed by atoms with Crippen LogP contribution in [0.15, 0.2) is 28.9 Å². The van der Waals surface area contributed by atoms with Crippen LogP contribution in [0, 0.1) is 5.92 Å². The van der Waals surface area contributed by atoms with E-state index in [1.165, 1.54) is 13.4 Å². The van der Waals surface area contributed by atoms with E-state index in [0.717, 1.165) is 11.3 Å². The van der Waals surface area contributed by atoms with Gasteiger partial charge >= 0.3 is 5.97 Å². The monoisotopic (exact) mass is 323 g/mol. The van der Waals surface area contributed by atoms with Gasteiger partial charge in [-0.15, -0.1) is 0 Å². The normalized spacial score (nSPS) is 10.8. The highest BCUT2D eigenvalue weighted by atomic mass is 35.5. The van der Waals surface area contributed by atoms with Crippen molar-refractivity contribution in [3.63, 3.8) is 0 Å². The molecule has 2 aromatic rings. The van der Waals surface area contributed by atoms with Gasteiger partial charge in [0.2, 0.25) is 0 Å². The standard InChI is InChI=1S/C16H18ClNO4/c1-10(2)8-21-14-5-4-12(17)6-11(14)7-15-18-13(9-22-15)16(19)20-3/h4-6,9-10H,7-8H2,1-3H3. The number of carbonyl (C=O) groups excluding carboxylic acids is 1. The van der Waals surface area contributed by atoms with Crippen molar-refractivity contribution < 1.29 is 18.7 Å². The Bertz CT molecular complexity index is 651. The molecule has 0 saturated heterocycles. The van der Waals surface area contributed by atoms with Gasteiger partial charge in [-0.1, -0.05) is 25.4 Å². The first-order valence-corrected chi connectivity index (χ1v) is 7.31. The van der Waals surface area contributed by atoms with Gasteiger partial charge in [-0.05, 0) is 24.1 Å². The smallest absolute Gasteiger partial charge is 0.360 e. The van der Waals surface area contributed by atoms with Crippen LogP contribution in [0.3, 0.4) is 0 Å². The van der Waals surface area contributed by atoms with Crippen LogP contribution in [0.4, 0.5) is 0 Å². The third kappa shape index (κ3) is 4.24. The summed E-state index contributed by atoms with van der Waals surface area (Å²) in [6.45, 7) is 4.76. The van der Waals surface area contributed by atoms with E-state index in [2.05, 4.69) is 23.6 Å². The predicted molar refractivity (Wildman–Crippen MR) is 82.4 cm³/mol. The summed E-state index contributed by atoms with van der Waals surface area (Å²) in [6, 6.07) is 5.40. The molecule has 1 aromatic carbocycles. The third-order valence-corrected chi connectivity index (χ3v) is 3.12. The molecule has 0 aliphatic rings. The third-order valence-electron chi connectivity index (χ3n) is 2.88. The Kier molecular flexibility index (Phi) is 5.44. The summed E-state index contributed by atoms with van der Waals surface area (Å²) in [5.41, 5.74) is 0.996. The van der Waals surface area contributed by atoms with Gasteiger partial charge < -0.3 is 13.9 Å². The summed E-state index contributed by atoms with van der Waals surface area (Å²) in [7, 11) is 1.30. The van der Waals surface area contributed by atoms with E-state index in [9.17, 15) is 4.79 Å². The quantitative estimate of drug-likeness (QED) is 0.758. The number of hydrogen-bond acceptors (Lipinski definition) is 5. The van der Waals surface area contributed by atoms with E-state index >= 15 is 0 Å². The lowest BCUT2D eigenvalue weighted by atomic mass is 10.1. The average molecular weight is 324 g/mol. The summed E-state index contributed by atoms with van der Waals surface area (Å²) >= 11 is 6.04. The lowest BCUT2D eigenvalue weighted by Gasteiger charge is -2.12. The van der Waals surface area contributed by atoms with Gasteiger partial charge in [-0.3, -0.25) is 0 Å². The highest BCUT2D eigenvalue weighted by molar-refractivity contribution is 6.30. The zero-order valence-corrected chi connectivity index (χ0v) is 13.5. The molecule has 6 heteroatoms. The van der Waals surface area contributed by atoms with Gasteiger partial charge in [0, 0.05) is 10.6 Å². The second kappa shape index (κ2) is 7.31. The second-order valence-electron chi connectivity index (χ2n) is 5.25. The minimum atomic E-state index is -0.530. The van der Waals surface area contributed by atoms with Crippen LogP contribution < -0.4 is 4.74 Å². The second-order valence-corrected chi connectivity index (χ2v) is 5.69. The molecular formula is C16H18ClNO4. The van der Waals surface area contributed by atoms with Gasteiger partial charge in [0.05, 0.1) is 20.1 Å². The van der Waals surface area contributed by atoms with Crippen molar-refractivity contribution in [1.82, 2.24) is 4.98 Å². The van der Waals surface area contributed by atoms with Crippen molar-refractivity contribution in [3.8, 4) is 5.75 Å². The minimum absolute atomic E-state index is 0.143. The Hall–Kier alpha value is -2.01. The van der Waals surface area contributed by atoms with Crippen LogP contribution in [0.5, 0.6) is 5.75 Å². The number of methoxy groups -OCH3 is 1. The number of ether oxygens (including phenoxy) is 2. The molecule has 2 rings (SSSR count). The van der Waals surface area contributed by atoms with Gasteiger partial charge in [0.1, 0.15) is 12.0 Å². The molecule has 0 aliphatic heterocycles. The fraction of sp³-hybridized carbons (Fsp3) is 0.375. The molecule has 0 atom stereocenters. The van der Waals surface area contributed by atoms with Crippen LogP contribution in [-0.2, 0) is 11.2 Å². The molecule has 5 nitrogen and oxygen atoms in total. The molecule has 22 heavy (non-hydrogen) atoms. The number of hydrogen-bond donors (Lipinski definition) is 0. The molecule has 0 radical (unpaired) electrons. The molecular weight excluding hydrogens is 306 g/mol. The van der Waals surface area contributed by atoms with E-state index in [-0.39, 0.29) is 5.69 Å². The number of nitrogens with zero attached hydrogens (tertiary/aromatic N) is 1. The van der Waals surface area contributed by atoms with Crippen molar-refractivity contribution in [3.05, 3.63) is 46.6 Å². The summed E-state index contributed by atoms with van der Waals surface area (Å²) in [6.07, 6.45) is 1.66. The highest BCUT2D eigenvalue weighted by Crippen LogP contribution is 2.26. The number of oxazole rings is 1. The summed E-state index contributed by atoms with van der Waals surface area (Å²) in [5.74, 6) is 1.02. The van der Waals surface area contributed by atoms with Crippen molar-refractivity contribution >= 4 is 17.6 Å². The predicted octanol–water partition coefficient (Wildman–Crippen LogP) is 3.74. The zero-order valence-electron chi connectivity index (χ0n) is 12.8. The molecule has 0 spiro atoms. The van der Waals surface area contributed by atoms with Crippen LogP contribution in [0.25, 0.3) is 0 Å². The van der Waals surface area contributed by atoms with E-state index < -0.39 is 5.97 Å². The number of benzene rings is 1. The molecule has 1 heterocycles. The number of aromatic nitrogens is 1. The first kappa shape index (κ1) is 16.4. The van der Waals surface area contributed by atoms with E-state index in [4.69, 9.17) is 20.8 Å². The maximum absolute atomic E-state index is 11.4. The zero-order chi connectivity index (χ0) is 16.1.